The van der Waals surface area contributed by atoms with E-state index in [0.717, 1.165) is 54.4 Å². The molecule has 1 atom stereocenters. The van der Waals surface area contributed by atoms with Crippen molar-refractivity contribution >= 4 is 34.3 Å². The van der Waals surface area contributed by atoms with E-state index in [9.17, 15) is 9.66 Å². The van der Waals surface area contributed by atoms with Crippen molar-refractivity contribution in [2.45, 2.75) is 49.1 Å². The first-order valence-corrected chi connectivity index (χ1v) is 13.3. The molecule has 1 aromatic carbocycles. The fourth-order valence-electron chi connectivity index (χ4n) is 4.81. The van der Waals surface area contributed by atoms with Gasteiger partial charge < -0.3 is 19.9 Å². The number of hydrogen-bond donors (Lipinski definition) is 2. The monoisotopic (exact) mass is 467 g/mol. The van der Waals surface area contributed by atoms with E-state index in [0.29, 0.717) is 23.9 Å². The molecule has 3 aliphatic rings. The largest absolute Gasteiger partial charge is 0.611 e. The summed E-state index contributed by atoms with van der Waals surface area (Å²) in [5.41, 5.74) is 4.35. The number of benzene rings is 1. The van der Waals surface area contributed by atoms with Crippen molar-refractivity contribution in [3.05, 3.63) is 46.6 Å². The maximum Gasteiger partial charge on any atom is 0.228 e. The van der Waals surface area contributed by atoms with Crippen molar-refractivity contribution in [1.82, 2.24) is 15.0 Å². The Morgan fingerprint density at radius 2 is 2.12 bits per heavy atom. The molecule has 0 unspecified atom stereocenters. The number of aromatic nitrogens is 3. The second kappa shape index (κ2) is 7.98. The van der Waals surface area contributed by atoms with E-state index >= 15 is 0 Å². The Morgan fingerprint density at radius 1 is 1.22 bits per heavy atom. The van der Waals surface area contributed by atoms with Gasteiger partial charge in [0.1, 0.15) is 16.5 Å². The lowest BCUT2D eigenvalue weighted by molar-refractivity contribution is 0.143. The second-order valence-electron chi connectivity index (χ2n) is 8.86. The fourth-order valence-corrected chi connectivity index (χ4v) is 6.75. The number of aliphatic hydroxyl groups excluding tert-OH is 1. The Morgan fingerprint density at radius 3 is 2.88 bits per heavy atom. The zero-order chi connectivity index (χ0) is 21.7. The van der Waals surface area contributed by atoms with Gasteiger partial charge in [0.05, 0.1) is 12.1 Å². The van der Waals surface area contributed by atoms with Crippen LogP contribution in [0.1, 0.15) is 36.1 Å². The molecule has 1 aliphatic carbocycles. The second-order valence-corrected chi connectivity index (χ2v) is 11.3. The third-order valence-electron chi connectivity index (χ3n) is 6.85. The molecule has 7 nitrogen and oxygen atoms in total. The standard InChI is InChI=1S/C23H25N5O2S2/c29-14-23(6-1-7-23)27-20-19-18(5-11-32(19)30)25-22(26-20)28-9-4-15-12-16(2-3-17(15)13-28)21-24-8-10-31-21/h2-3,8,10,12,29H,1,4-7,9,11,13-14H2,(H,25,26,27)/t32-/m1/s1. The van der Waals surface area contributed by atoms with E-state index in [1.54, 1.807) is 11.3 Å². The Balaban J connectivity index is 1.30. The van der Waals surface area contributed by atoms with Crippen LogP contribution in [0.2, 0.25) is 0 Å². The molecule has 166 valence electrons. The molecular weight excluding hydrogens is 442 g/mol. The lowest BCUT2D eigenvalue weighted by Crippen LogP contribution is -2.49. The van der Waals surface area contributed by atoms with Gasteiger partial charge >= 0.3 is 0 Å². The molecule has 2 aliphatic heterocycles. The third-order valence-corrected chi connectivity index (χ3v) is 9.13. The van der Waals surface area contributed by atoms with E-state index in [-0.39, 0.29) is 12.1 Å². The molecule has 3 aromatic rings. The van der Waals surface area contributed by atoms with Crippen LogP contribution in [-0.2, 0) is 30.6 Å². The summed E-state index contributed by atoms with van der Waals surface area (Å²) in [6, 6.07) is 6.59. The lowest BCUT2D eigenvalue weighted by atomic mass is 9.77. The van der Waals surface area contributed by atoms with Gasteiger partial charge in [-0.25, -0.2) is 9.97 Å². The number of hydrogen-bond acceptors (Lipinski definition) is 8. The number of nitrogens with one attached hydrogen (secondary N) is 1. The van der Waals surface area contributed by atoms with Gasteiger partial charge in [0.2, 0.25) is 10.8 Å². The highest BCUT2D eigenvalue weighted by Crippen LogP contribution is 2.39. The fraction of sp³-hybridized carbons (Fsp3) is 0.435. The van der Waals surface area contributed by atoms with Crippen molar-refractivity contribution in [3.8, 4) is 10.6 Å². The summed E-state index contributed by atoms with van der Waals surface area (Å²) in [6.45, 7) is 1.65. The summed E-state index contributed by atoms with van der Waals surface area (Å²) in [4.78, 5) is 17.1. The Bertz CT molecular complexity index is 1140. The van der Waals surface area contributed by atoms with Gasteiger partial charge in [-0.15, -0.1) is 11.3 Å². The maximum atomic E-state index is 12.7. The quantitative estimate of drug-likeness (QED) is 0.556. The van der Waals surface area contributed by atoms with Crippen molar-refractivity contribution in [2.24, 2.45) is 0 Å². The van der Waals surface area contributed by atoms with Gasteiger partial charge in [-0.3, -0.25) is 0 Å². The minimum atomic E-state index is -1.08. The van der Waals surface area contributed by atoms with Crippen LogP contribution >= 0.6 is 11.3 Å². The molecule has 4 heterocycles. The molecule has 2 N–H and O–H groups in total. The molecule has 32 heavy (non-hydrogen) atoms. The molecule has 2 aromatic heterocycles. The molecule has 0 spiro atoms. The van der Waals surface area contributed by atoms with Gasteiger partial charge in [-0.05, 0) is 54.1 Å². The molecule has 0 saturated heterocycles. The highest BCUT2D eigenvalue weighted by atomic mass is 32.2. The summed E-state index contributed by atoms with van der Waals surface area (Å²) in [5, 5.41) is 16.5. The van der Waals surface area contributed by atoms with Gasteiger partial charge in [0.25, 0.3) is 0 Å². The Kier molecular flexibility index (Phi) is 5.09. The van der Waals surface area contributed by atoms with Gasteiger partial charge in [-0.1, -0.05) is 12.1 Å². The molecular formula is C23H25N5O2S2. The molecule has 0 bridgehead atoms. The van der Waals surface area contributed by atoms with Crippen molar-refractivity contribution in [3.63, 3.8) is 0 Å². The summed E-state index contributed by atoms with van der Waals surface area (Å²) in [6.07, 6.45) is 6.37. The van der Waals surface area contributed by atoms with Crippen LogP contribution < -0.4 is 10.2 Å². The predicted octanol–water partition coefficient (Wildman–Crippen LogP) is 3.15. The maximum absolute atomic E-state index is 12.7. The number of anilines is 2. The van der Waals surface area contributed by atoms with E-state index in [1.807, 2.05) is 11.6 Å². The molecule has 1 fully saturated rings. The smallest absolute Gasteiger partial charge is 0.228 e. The van der Waals surface area contributed by atoms with Crippen molar-refractivity contribution < 1.29 is 9.66 Å². The van der Waals surface area contributed by atoms with Crippen molar-refractivity contribution in [1.29, 1.82) is 0 Å². The lowest BCUT2D eigenvalue weighted by Gasteiger charge is -2.41. The zero-order valence-corrected chi connectivity index (χ0v) is 19.3. The van der Waals surface area contributed by atoms with Crippen LogP contribution in [0.15, 0.2) is 34.7 Å². The predicted molar refractivity (Wildman–Crippen MR) is 127 cm³/mol. The molecule has 9 heteroatoms. The SMILES string of the molecule is [O-][S@+]1CCc2nc(N3CCc4cc(-c5nccs5)ccc4C3)nc(NC3(CO)CCC3)c21. The van der Waals surface area contributed by atoms with Gasteiger partial charge in [-0.2, -0.15) is 4.98 Å². The number of rotatable bonds is 5. The number of nitrogens with zero attached hydrogens (tertiary/aromatic N) is 4. The zero-order valence-electron chi connectivity index (χ0n) is 17.7. The van der Waals surface area contributed by atoms with Crippen molar-refractivity contribution in [2.75, 3.05) is 29.1 Å². The van der Waals surface area contributed by atoms with Gasteiger partial charge in [0, 0.05) is 36.7 Å². The van der Waals surface area contributed by atoms with E-state index < -0.39 is 11.2 Å². The number of aliphatic hydroxyl groups is 1. The highest BCUT2D eigenvalue weighted by molar-refractivity contribution is 7.91. The van der Waals surface area contributed by atoms with E-state index in [1.165, 1.54) is 16.7 Å². The average Bonchev–Trinajstić information content (AvgIpc) is 3.46. The van der Waals surface area contributed by atoms with Crippen LogP contribution in [0.3, 0.4) is 0 Å². The number of fused-ring (bicyclic) bond motifs is 2. The summed E-state index contributed by atoms with van der Waals surface area (Å²) >= 11 is 0.575. The highest BCUT2D eigenvalue weighted by Gasteiger charge is 2.41. The van der Waals surface area contributed by atoms with Crippen LogP contribution in [0.4, 0.5) is 11.8 Å². The van der Waals surface area contributed by atoms with Crippen LogP contribution in [0.25, 0.3) is 10.6 Å². The third kappa shape index (κ3) is 3.48. The van der Waals surface area contributed by atoms with Crippen LogP contribution in [-0.4, -0.2) is 49.1 Å². The first kappa shape index (κ1) is 20.4. The molecule has 0 amide bonds. The Hall–Kier alpha value is -2.20. The van der Waals surface area contributed by atoms with E-state index in [2.05, 4.69) is 33.4 Å². The van der Waals surface area contributed by atoms with Gasteiger partial charge in [0.15, 0.2) is 5.82 Å². The average molecular weight is 468 g/mol. The summed E-state index contributed by atoms with van der Waals surface area (Å²) in [5.74, 6) is 1.93. The first-order valence-electron chi connectivity index (χ1n) is 11.1. The minimum Gasteiger partial charge on any atom is -0.611 e. The number of thiazole rings is 1. The first-order chi connectivity index (χ1) is 15.6. The molecule has 6 rings (SSSR count). The van der Waals surface area contributed by atoms with E-state index in [4.69, 9.17) is 9.97 Å². The topological polar surface area (TPSA) is 97.2 Å². The molecule has 0 radical (unpaired) electrons. The van der Waals surface area contributed by atoms with Crippen LogP contribution in [0, 0.1) is 0 Å². The minimum absolute atomic E-state index is 0.0618. The normalized spacial score (nSPS) is 21.1. The summed E-state index contributed by atoms with van der Waals surface area (Å²) in [7, 11) is 0. The molecule has 1 saturated carbocycles. The Labute approximate surface area is 194 Å². The number of aryl methyl sites for hydroxylation is 1. The van der Waals surface area contributed by atoms with Crippen LogP contribution in [0.5, 0.6) is 0 Å². The summed E-state index contributed by atoms with van der Waals surface area (Å²) < 4.78 is 12.7.